The maximum atomic E-state index is 13.7. The number of phenols is 1. The first kappa shape index (κ1) is 27.0. The zero-order chi connectivity index (χ0) is 26.7. The van der Waals surface area contributed by atoms with Gasteiger partial charge in [-0.3, -0.25) is 19.3 Å². The highest BCUT2D eigenvalue weighted by Gasteiger charge is 2.56. The Bertz CT molecular complexity index is 1130. The number of imide groups is 1. The topological polar surface area (TPSA) is 104 Å². The molecule has 2 N–H and O–H groups in total. The smallest absolute Gasteiger partial charge is 0.303 e. The first-order chi connectivity index (χ1) is 17.7. The minimum absolute atomic E-state index is 0.0857. The highest BCUT2D eigenvalue weighted by molar-refractivity contribution is 6.05. The van der Waals surface area contributed by atoms with E-state index in [1.165, 1.54) is 17.0 Å². The molecule has 0 bridgehead atoms. The number of carboxylic acid groups (broad SMARTS) is 1. The number of fused-ring (bicyclic) bond motifs is 3. The van der Waals surface area contributed by atoms with Crippen LogP contribution in [0.3, 0.4) is 0 Å². The van der Waals surface area contributed by atoms with Gasteiger partial charge in [0.05, 0.1) is 24.5 Å². The highest BCUT2D eigenvalue weighted by atomic mass is 19.1. The number of unbranched alkanes of at least 4 members (excludes halogenated alkanes) is 2. The number of halogens is 1. The van der Waals surface area contributed by atoms with Gasteiger partial charge in [0, 0.05) is 18.9 Å². The van der Waals surface area contributed by atoms with E-state index in [-0.39, 0.29) is 47.8 Å². The van der Waals surface area contributed by atoms with Gasteiger partial charge in [-0.15, -0.1) is 0 Å². The van der Waals surface area contributed by atoms with Crippen LogP contribution < -0.4 is 0 Å². The summed E-state index contributed by atoms with van der Waals surface area (Å²) in [6, 6.07) is 4.36. The highest BCUT2D eigenvalue weighted by Crippen LogP contribution is 2.49. The zero-order valence-corrected chi connectivity index (χ0v) is 21.5. The van der Waals surface area contributed by atoms with Gasteiger partial charge in [-0.25, -0.2) is 4.39 Å². The maximum Gasteiger partial charge on any atom is 0.303 e. The molecule has 2 aliphatic heterocycles. The molecule has 2 fully saturated rings. The van der Waals surface area contributed by atoms with Crippen LogP contribution in [0, 0.1) is 23.6 Å². The standard InChI is InChI=1S/C29H36FNO6/c1-3-18(14-19-8-10-23(32)22(30)15-19)9-11-24-26-17(2)13-20-27(21(26)16-37-24)29(36)31(28(20)35)12-6-4-5-7-25(33)34/h8,10,14-15,20-21,24,27,32H,3-7,9,11-13,16H2,1-2H3,(H,33,34)/b18-14+/t20-,21+,24-,27-/m1/s1. The molecule has 3 aliphatic rings. The van der Waals surface area contributed by atoms with E-state index < -0.39 is 11.8 Å². The lowest BCUT2D eigenvalue weighted by molar-refractivity contribution is -0.141. The molecule has 0 radical (unpaired) electrons. The Hall–Kier alpha value is -3.00. The number of carboxylic acids is 1. The van der Waals surface area contributed by atoms with Crippen LogP contribution in [0.1, 0.15) is 70.8 Å². The monoisotopic (exact) mass is 513 g/mol. The van der Waals surface area contributed by atoms with Crippen molar-refractivity contribution in [2.24, 2.45) is 17.8 Å². The first-order valence-corrected chi connectivity index (χ1v) is 13.3. The van der Waals surface area contributed by atoms with Crippen LogP contribution in [0.5, 0.6) is 5.75 Å². The van der Waals surface area contributed by atoms with Crippen molar-refractivity contribution in [2.45, 2.75) is 71.3 Å². The van der Waals surface area contributed by atoms with Gasteiger partial charge in [0.25, 0.3) is 0 Å². The van der Waals surface area contributed by atoms with Gasteiger partial charge in [0.2, 0.25) is 11.8 Å². The number of phenolic OH excluding ortho intramolecular Hbond substituents is 1. The summed E-state index contributed by atoms with van der Waals surface area (Å²) in [4.78, 5) is 38.5. The van der Waals surface area contributed by atoms with Crippen molar-refractivity contribution in [3.8, 4) is 5.75 Å². The second-order valence-electron chi connectivity index (χ2n) is 10.4. The Balaban J connectivity index is 1.40. The SMILES string of the molecule is CC/C(=C\c1ccc(O)c(F)c1)CC[C@H]1OC[C@H]2C1=C(C)C[C@H]1C(=O)N(CCCCCC(=O)O)C(=O)[C@H]12. The van der Waals surface area contributed by atoms with Crippen LogP contribution in [-0.2, 0) is 19.1 Å². The Kier molecular flexibility index (Phi) is 8.47. The van der Waals surface area contributed by atoms with Crippen molar-refractivity contribution in [1.29, 1.82) is 0 Å². The largest absolute Gasteiger partial charge is 0.505 e. The summed E-state index contributed by atoms with van der Waals surface area (Å²) in [6.45, 7) is 4.87. The summed E-state index contributed by atoms with van der Waals surface area (Å²) < 4.78 is 19.9. The van der Waals surface area contributed by atoms with Gasteiger partial charge < -0.3 is 14.9 Å². The number of hydrogen-bond donors (Lipinski definition) is 2. The molecule has 2 amide bonds. The van der Waals surface area contributed by atoms with Crippen molar-refractivity contribution in [2.75, 3.05) is 13.2 Å². The van der Waals surface area contributed by atoms with E-state index in [1.807, 2.05) is 13.0 Å². The Morgan fingerprint density at radius 2 is 1.95 bits per heavy atom. The van der Waals surface area contributed by atoms with Crippen molar-refractivity contribution < 1.29 is 33.7 Å². The molecule has 8 heteroatoms. The molecule has 4 rings (SSSR count). The lowest BCUT2D eigenvalue weighted by atomic mass is 9.70. The predicted octanol–water partition coefficient (Wildman–Crippen LogP) is 5.09. The minimum Gasteiger partial charge on any atom is -0.505 e. The van der Waals surface area contributed by atoms with E-state index in [0.29, 0.717) is 44.4 Å². The van der Waals surface area contributed by atoms with E-state index in [2.05, 4.69) is 6.92 Å². The van der Waals surface area contributed by atoms with E-state index >= 15 is 0 Å². The Morgan fingerprint density at radius 3 is 2.65 bits per heavy atom. The summed E-state index contributed by atoms with van der Waals surface area (Å²) in [5, 5.41) is 18.2. The van der Waals surface area contributed by atoms with E-state index in [1.54, 1.807) is 6.07 Å². The molecule has 2 saturated heterocycles. The summed E-state index contributed by atoms with van der Waals surface area (Å²) in [7, 11) is 0. The Labute approximate surface area is 217 Å². The van der Waals surface area contributed by atoms with Crippen molar-refractivity contribution in [3.63, 3.8) is 0 Å². The molecule has 37 heavy (non-hydrogen) atoms. The lowest BCUT2D eigenvalue weighted by Crippen LogP contribution is -2.34. The quantitative estimate of drug-likeness (QED) is 0.243. The van der Waals surface area contributed by atoms with Crippen LogP contribution in [0.15, 0.2) is 34.9 Å². The van der Waals surface area contributed by atoms with Gasteiger partial charge in [-0.05, 0) is 68.7 Å². The third-order valence-electron chi connectivity index (χ3n) is 8.04. The number of ether oxygens (including phenoxy) is 1. The number of rotatable bonds is 11. The number of likely N-dealkylation sites (tertiary alicyclic amines) is 1. The number of aromatic hydroxyl groups is 1. The van der Waals surface area contributed by atoms with Crippen LogP contribution >= 0.6 is 0 Å². The third-order valence-corrected chi connectivity index (χ3v) is 8.04. The summed E-state index contributed by atoms with van der Waals surface area (Å²) in [5.41, 5.74) is 4.15. The maximum absolute atomic E-state index is 13.7. The molecule has 7 nitrogen and oxygen atoms in total. The number of nitrogens with zero attached hydrogens (tertiary/aromatic N) is 1. The fourth-order valence-electron chi connectivity index (χ4n) is 6.15. The van der Waals surface area contributed by atoms with E-state index in [0.717, 1.165) is 36.0 Å². The predicted molar refractivity (Wildman–Crippen MR) is 136 cm³/mol. The summed E-state index contributed by atoms with van der Waals surface area (Å²) >= 11 is 0. The molecule has 4 atom stereocenters. The van der Waals surface area contributed by atoms with Gasteiger partial charge >= 0.3 is 5.97 Å². The third kappa shape index (κ3) is 5.79. The molecule has 200 valence electrons. The van der Waals surface area contributed by atoms with Crippen LogP contribution in [0.4, 0.5) is 4.39 Å². The fourth-order valence-corrected chi connectivity index (χ4v) is 6.15. The number of allylic oxidation sites excluding steroid dienone is 2. The van der Waals surface area contributed by atoms with Crippen molar-refractivity contribution in [1.82, 2.24) is 4.90 Å². The average molecular weight is 514 g/mol. The van der Waals surface area contributed by atoms with E-state index in [4.69, 9.17) is 9.84 Å². The lowest BCUT2D eigenvalue weighted by Gasteiger charge is -2.30. The number of benzene rings is 1. The Morgan fingerprint density at radius 1 is 1.16 bits per heavy atom. The van der Waals surface area contributed by atoms with Gasteiger partial charge in [0.1, 0.15) is 0 Å². The number of carbonyl (C=O) groups is 3. The zero-order valence-electron chi connectivity index (χ0n) is 21.5. The molecule has 1 aromatic rings. The first-order valence-electron chi connectivity index (χ1n) is 13.3. The van der Waals surface area contributed by atoms with E-state index in [9.17, 15) is 23.9 Å². The van der Waals surface area contributed by atoms with Crippen LogP contribution in [0.2, 0.25) is 0 Å². The second kappa shape index (κ2) is 11.6. The van der Waals surface area contributed by atoms with Crippen molar-refractivity contribution in [3.05, 3.63) is 46.3 Å². The molecule has 1 aliphatic carbocycles. The molecule has 0 aromatic heterocycles. The molecular weight excluding hydrogens is 477 g/mol. The minimum atomic E-state index is -0.833. The summed E-state index contributed by atoms with van der Waals surface area (Å²) in [6.07, 6.45) is 6.64. The average Bonchev–Trinajstić information content (AvgIpc) is 3.38. The van der Waals surface area contributed by atoms with Gasteiger partial charge in [0.15, 0.2) is 11.6 Å². The molecular formula is C29H36FNO6. The normalized spacial score (nSPS) is 25.6. The number of hydrogen-bond acceptors (Lipinski definition) is 5. The van der Waals surface area contributed by atoms with Crippen LogP contribution in [-0.4, -0.2) is 52.2 Å². The molecule has 2 heterocycles. The number of carbonyl (C=O) groups excluding carboxylic acids is 2. The second-order valence-corrected chi connectivity index (χ2v) is 10.4. The van der Waals surface area contributed by atoms with Crippen molar-refractivity contribution >= 4 is 23.9 Å². The molecule has 0 spiro atoms. The molecule has 0 unspecified atom stereocenters. The van der Waals surface area contributed by atoms with Gasteiger partial charge in [-0.2, -0.15) is 0 Å². The summed E-state index contributed by atoms with van der Waals surface area (Å²) in [5.74, 6) is -2.86. The van der Waals surface area contributed by atoms with Crippen LogP contribution in [0.25, 0.3) is 6.08 Å². The fraction of sp³-hybridized carbons (Fsp3) is 0.552. The molecule has 1 aromatic carbocycles. The van der Waals surface area contributed by atoms with Gasteiger partial charge in [-0.1, -0.05) is 36.6 Å². The number of aliphatic carboxylic acids is 1. The molecule has 0 saturated carbocycles. The number of amides is 2.